The van der Waals surface area contributed by atoms with Crippen LogP contribution in [0.3, 0.4) is 0 Å². The number of carbonyl (C=O) groups is 1. The molecule has 1 aliphatic heterocycles. The summed E-state index contributed by atoms with van der Waals surface area (Å²) in [5.41, 5.74) is 0.344. The molecule has 2 aromatic carbocycles. The van der Waals surface area contributed by atoms with Gasteiger partial charge in [-0.2, -0.15) is 0 Å². The van der Waals surface area contributed by atoms with Crippen molar-refractivity contribution in [2.45, 2.75) is 6.54 Å². The van der Waals surface area contributed by atoms with Crippen molar-refractivity contribution in [3.8, 4) is 11.5 Å². The van der Waals surface area contributed by atoms with E-state index in [0.29, 0.717) is 11.3 Å². The molecular weight excluding hydrogens is 331 g/mol. The predicted octanol–water partition coefficient (Wildman–Crippen LogP) is 2.79. The van der Waals surface area contributed by atoms with E-state index < -0.39 is 16.6 Å². The number of nitro groups is 1. The molecule has 0 radical (unpaired) electrons. The fraction of sp³-hybridized carbons (Fsp3) is 0.118. The third kappa shape index (κ3) is 3.74. The number of benzene rings is 2. The summed E-state index contributed by atoms with van der Waals surface area (Å²) in [6, 6.07) is 8.76. The summed E-state index contributed by atoms with van der Waals surface area (Å²) in [6.45, 7) is 0.00185. The fourth-order valence-corrected chi connectivity index (χ4v) is 2.29. The van der Waals surface area contributed by atoms with Crippen LogP contribution >= 0.6 is 0 Å². The van der Waals surface area contributed by atoms with E-state index in [-0.39, 0.29) is 30.3 Å². The summed E-state index contributed by atoms with van der Waals surface area (Å²) in [6.07, 6.45) is 2.45. The molecule has 0 unspecified atom stereocenters. The Kier molecular flexibility index (Phi) is 4.60. The van der Waals surface area contributed by atoms with Gasteiger partial charge in [-0.1, -0.05) is 18.2 Å². The summed E-state index contributed by atoms with van der Waals surface area (Å²) < 4.78 is 23.8. The lowest BCUT2D eigenvalue weighted by Crippen LogP contribution is -2.20. The number of rotatable bonds is 5. The molecule has 1 aliphatic rings. The number of amides is 1. The summed E-state index contributed by atoms with van der Waals surface area (Å²) in [4.78, 5) is 22.4. The van der Waals surface area contributed by atoms with Gasteiger partial charge in [-0.25, -0.2) is 4.39 Å². The molecule has 0 aliphatic carbocycles. The van der Waals surface area contributed by atoms with Crippen LogP contribution in [0, 0.1) is 15.9 Å². The molecule has 0 atom stereocenters. The first kappa shape index (κ1) is 16.4. The van der Waals surface area contributed by atoms with E-state index in [0.717, 1.165) is 6.08 Å². The molecule has 0 saturated carbocycles. The summed E-state index contributed by atoms with van der Waals surface area (Å²) in [5, 5.41) is 13.7. The van der Waals surface area contributed by atoms with Gasteiger partial charge >= 0.3 is 0 Å². The largest absolute Gasteiger partial charge is 0.454 e. The van der Waals surface area contributed by atoms with Gasteiger partial charge in [0, 0.05) is 18.2 Å². The minimum absolute atomic E-state index is 0.0111. The first-order valence-electron chi connectivity index (χ1n) is 7.32. The van der Waals surface area contributed by atoms with Gasteiger partial charge in [0.15, 0.2) is 11.5 Å². The fourth-order valence-electron chi connectivity index (χ4n) is 2.29. The zero-order chi connectivity index (χ0) is 17.8. The second-order valence-electron chi connectivity index (χ2n) is 5.16. The molecule has 0 saturated heterocycles. The van der Waals surface area contributed by atoms with Crippen molar-refractivity contribution in [3.63, 3.8) is 0 Å². The molecule has 128 valence electrons. The smallest absolute Gasteiger partial charge is 0.280 e. The number of ether oxygens (including phenoxy) is 2. The third-order valence-electron chi connectivity index (χ3n) is 3.54. The first-order valence-corrected chi connectivity index (χ1v) is 7.32. The Morgan fingerprint density at radius 3 is 2.72 bits per heavy atom. The van der Waals surface area contributed by atoms with E-state index in [1.54, 1.807) is 18.2 Å². The van der Waals surface area contributed by atoms with Crippen LogP contribution in [0.15, 0.2) is 42.5 Å². The lowest BCUT2D eigenvalue weighted by Gasteiger charge is -2.04. The van der Waals surface area contributed by atoms with E-state index in [2.05, 4.69) is 5.32 Å². The predicted molar refractivity (Wildman–Crippen MR) is 86.5 cm³/mol. The molecule has 8 heteroatoms. The minimum atomic E-state index is -0.571. The van der Waals surface area contributed by atoms with Gasteiger partial charge in [0.25, 0.3) is 5.69 Å². The number of halogens is 1. The molecule has 7 nitrogen and oxygen atoms in total. The van der Waals surface area contributed by atoms with Crippen LogP contribution in [0.1, 0.15) is 11.1 Å². The Morgan fingerprint density at radius 1 is 1.28 bits per heavy atom. The van der Waals surface area contributed by atoms with Crippen LogP contribution in [-0.4, -0.2) is 17.6 Å². The highest BCUT2D eigenvalue weighted by Crippen LogP contribution is 2.38. The van der Waals surface area contributed by atoms with Crippen molar-refractivity contribution in [2.24, 2.45) is 0 Å². The number of hydrogen-bond acceptors (Lipinski definition) is 5. The van der Waals surface area contributed by atoms with Crippen molar-refractivity contribution in [2.75, 3.05) is 6.79 Å². The van der Waals surface area contributed by atoms with Gasteiger partial charge in [0.1, 0.15) is 5.82 Å². The van der Waals surface area contributed by atoms with Crippen LogP contribution < -0.4 is 14.8 Å². The van der Waals surface area contributed by atoms with Crippen molar-refractivity contribution in [1.29, 1.82) is 0 Å². The maximum absolute atomic E-state index is 13.5. The topological polar surface area (TPSA) is 90.7 Å². The Hall–Kier alpha value is -3.42. The number of carbonyl (C=O) groups excluding carboxylic acids is 1. The molecule has 0 fully saturated rings. The number of fused-ring (bicyclic) bond motifs is 1. The van der Waals surface area contributed by atoms with E-state index in [9.17, 15) is 19.3 Å². The maximum atomic E-state index is 13.5. The number of nitro benzene ring substituents is 1. The normalized spacial score (nSPS) is 12.4. The molecule has 3 rings (SSSR count). The van der Waals surface area contributed by atoms with Gasteiger partial charge < -0.3 is 14.8 Å². The van der Waals surface area contributed by atoms with E-state index in [1.165, 1.54) is 24.3 Å². The molecule has 1 amide bonds. The number of nitrogens with zero attached hydrogens (tertiary/aromatic N) is 1. The monoisotopic (exact) mass is 344 g/mol. The molecule has 2 aromatic rings. The molecule has 0 bridgehead atoms. The maximum Gasteiger partial charge on any atom is 0.280 e. The Labute approximate surface area is 141 Å². The molecule has 25 heavy (non-hydrogen) atoms. The second kappa shape index (κ2) is 7.00. The molecule has 1 N–H and O–H groups in total. The van der Waals surface area contributed by atoms with Crippen LogP contribution in [0.4, 0.5) is 10.1 Å². The lowest BCUT2D eigenvalue weighted by molar-refractivity contribution is -0.385. The Bertz CT molecular complexity index is 866. The Morgan fingerprint density at radius 2 is 2.00 bits per heavy atom. The van der Waals surface area contributed by atoms with Crippen LogP contribution in [0.25, 0.3) is 6.08 Å². The van der Waals surface area contributed by atoms with Crippen LogP contribution in [0.5, 0.6) is 11.5 Å². The van der Waals surface area contributed by atoms with Crippen molar-refractivity contribution < 1.29 is 23.6 Å². The summed E-state index contributed by atoms with van der Waals surface area (Å²) in [7, 11) is 0. The lowest BCUT2D eigenvalue weighted by atomic mass is 10.1. The molecular formula is C17H13FN2O5. The van der Waals surface area contributed by atoms with Gasteiger partial charge in [0.2, 0.25) is 12.7 Å². The molecule has 0 aromatic heterocycles. The van der Waals surface area contributed by atoms with E-state index in [1.807, 2.05) is 0 Å². The SMILES string of the molecule is O=C(/C=C/c1cc2c(cc1[N+](=O)[O-])OCO2)NCc1ccccc1F. The van der Waals surface area contributed by atoms with E-state index >= 15 is 0 Å². The Balaban J connectivity index is 1.72. The van der Waals surface area contributed by atoms with Crippen molar-refractivity contribution >= 4 is 17.7 Å². The van der Waals surface area contributed by atoms with Gasteiger partial charge in [-0.3, -0.25) is 14.9 Å². The highest BCUT2D eigenvalue weighted by atomic mass is 19.1. The molecule has 0 spiro atoms. The van der Waals surface area contributed by atoms with E-state index in [4.69, 9.17) is 9.47 Å². The summed E-state index contributed by atoms with van der Waals surface area (Å²) >= 11 is 0. The third-order valence-corrected chi connectivity index (χ3v) is 3.54. The summed E-state index contributed by atoms with van der Waals surface area (Å²) in [5.74, 6) is -0.265. The highest BCUT2D eigenvalue weighted by Gasteiger charge is 2.22. The average Bonchev–Trinajstić information content (AvgIpc) is 3.05. The van der Waals surface area contributed by atoms with Gasteiger partial charge in [-0.15, -0.1) is 0 Å². The zero-order valence-electron chi connectivity index (χ0n) is 12.9. The number of hydrogen-bond donors (Lipinski definition) is 1. The standard InChI is InChI=1S/C17H13FN2O5/c18-13-4-2-1-3-12(13)9-19-17(21)6-5-11-7-15-16(25-10-24-15)8-14(11)20(22)23/h1-8H,9-10H2,(H,19,21)/b6-5+. The first-order chi connectivity index (χ1) is 12.0. The van der Waals surface area contributed by atoms with Gasteiger partial charge in [-0.05, 0) is 18.2 Å². The highest BCUT2D eigenvalue weighted by molar-refractivity contribution is 5.92. The quantitative estimate of drug-likeness (QED) is 0.512. The van der Waals surface area contributed by atoms with Gasteiger partial charge in [0.05, 0.1) is 16.6 Å². The molecule has 1 heterocycles. The van der Waals surface area contributed by atoms with Crippen LogP contribution in [0.2, 0.25) is 0 Å². The van der Waals surface area contributed by atoms with Crippen molar-refractivity contribution in [3.05, 3.63) is 69.5 Å². The average molecular weight is 344 g/mol. The van der Waals surface area contributed by atoms with Crippen molar-refractivity contribution in [1.82, 2.24) is 5.32 Å². The second-order valence-corrected chi connectivity index (χ2v) is 5.16. The number of nitrogens with one attached hydrogen (secondary N) is 1. The zero-order valence-corrected chi connectivity index (χ0v) is 12.9. The minimum Gasteiger partial charge on any atom is -0.454 e. The van der Waals surface area contributed by atoms with Crippen LogP contribution in [-0.2, 0) is 11.3 Å².